The van der Waals surface area contributed by atoms with Crippen molar-refractivity contribution in [3.05, 3.63) is 35.4 Å². The van der Waals surface area contributed by atoms with Crippen molar-refractivity contribution in [2.75, 3.05) is 0 Å². The second-order valence-electron chi connectivity index (χ2n) is 10.5. The Kier molecular flexibility index (Phi) is 6.53. The van der Waals surface area contributed by atoms with Gasteiger partial charge in [-0.15, -0.1) is 0 Å². The summed E-state index contributed by atoms with van der Waals surface area (Å²) in [4.78, 5) is 39.3. The van der Waals surface area contributed by atoms with Gasteiger partial charge in [0.15, 0.2) is 5.78 Å². The number of hydrogen-bond acceptors (Lipinski definition) is 6. The number of hydrogen-bond donors (Lipinski definition) is 1. The van der Waals surface area contributed by atoms with Gasteiger partial charge in [0.2, 0.25) is 0 Å². The minimum atomic E-state index is -1.66. The van der Waals surface area contributed by atoms with Gasteiger partial charge in [0, 0.05) is 12.3 Å². The lowest BCUT2D eigenvalue weighted by Gasteiger charge is -2.44. The van der Waals surface area contributed by atoms with Gasteiger partial charge in [0.25, 0.3) is 0 Å². The van der Waals surface area contributed by atoms with Crippen molar-refractivity contribution >= 4 is 17.7 Å². The summed E-state index contributed by atoms with van der Waals surface area (Å²) in [5.74, 6) is -4.98. The average molecular weight is 419 g/mol. The molecule has 1 aromatic carbocycles. The van der Waals surface area contributed by atoms with Crippen molar-refractivity contribution < 1.29 is 29.0 Å². The molecule has 1 aliphatic carbocycles. The quantitative estimate of drug-likeness (QED) is 0.594. The normalized spacial score (nSPS) is 27.5. The summed E-state index contributed by atoms with van der Waals surface area (Å²) >= 11 is 0. The number of Topliss-reactive ketones (excluding diaryl/α,β-unsaturated/α-hetero) is 1. The van der Waals surface area contributed by atoms with Gasteiger partial charge in [0.1, 0.15) is 17.1 Å². The molecule has 166 valence electrons. The summed E-state index contributed by atoms with van der Waals surface area (Å²) in [5.41, 5.74) is -1.63. The van der Waals surface area contributed by atoms with Crippen LogP contribution >= 0.6 is 0 Å². The number of carbonyl (C=O) groups is 3. The second-order valence-corrected chi connectivity index (χ2v) is 10.5. The van der Waals surface area contributed by atoms with Crippen LogP contribution in [0, 0.1) is 18.8 Å². The van der Waals surface area contributed by atoms with Crippen LogP contribution in [0.5, 0.6) is 0 Å². The van der Waals surface area contributed by atoms with E-state index in [1.807, 2.05) is 19.1 Å². The molecular weight excluding hydrogens is 384 g/mol. The van der Waals surface area contributed by atoms with Gasteiger partial charge in [-0.3, -0.25) is 14.4 Å². The maximum absolute atomic E-state index is 13.2. The Bertz CT molecular complexity index is 808. The third-order valence-corrected chi connectivity index (χ3v) is 5.05. The van der Waals surface area contributed by atoms with Crippen molar-refractivity contribution in [1.82, 2.24) is 0 Å². The predicted molar refractivity (Wildman–Crippen MR) is 113 cm³/mol. The molecule has 6 heteroatoms. The van der Waals surface area contributed by atoms with Crippen LogP contribution in [0.25, 0.3) is 0 Å². The van der Waals surface area contributed by atoms with E-state index in [0.29, 0.717) is 5.56 Å². The topological polar surface area (TPSA) is 89.9 Å². The van der Waals surface area contributed by atoms with E-state index < -0.39 is 52.3 Å². The molecule has 6 nitrogen and oxygen atoms in total. The average Bonchev–Trinajstić information content (AvgIpc) is 2.50. The largest absolute Gasteiger partial charge is 0.460 e. The number of carbonyl (C=O) groups excluding carboxylic acids is 3. The fourth-order valence-electron chi connectivity index (χ4n) is 3.93. The Morgan fingerprint density at radius 3 is 1.90 bits per heavy atom. The molecule has 0 unspecified atom stereocenters. The number of rotatable bonds is 3. The Balaban J connectivity index is 2.62. The summed E-state index contributed by atoms with van der Waals surface area (Å²) in [5, 5.41) is 11.1. The van der Waals surface area contributed by atoms with E-state index in [9.17, 15) is 19.5 Å². The molecule has 0 saturated heterocycles. The Labute approximate surface area is 179 Å². The smallest absolute Gasteiger partial charge is 0.317 e. The fraction of sp³-hybridized carbons (Fsp3) is 0.625. The van der Waals surface area contributed by atoms with Crippen LogP contribution in [0.4, 0.5) is 0 Å². The molecule has 1 fully saturated rings. The molecule has 1 N–H and O–H groups in total. The van der Waals surface area contributed by atoms with E-state index in [-0.39, 0.29) is 6.42 Å². The third-order valence-electron chi connectivity index (χ3n) is 5.05. The highest BCUT2D eigenvalue weighted by atomic mass is 16.6. The summed E-state index contributed by atoms with van der Waals surface area (Å²) in [6, 6.07) is 7.26. The van der Waals surface area contributed by atoms with E-state index in [0.717, 1.165) is 5.56 Å². The van der Waals surface area contributed by atoms with Crippen LogP contribution < -0.4 is 0 Å². The van der Waals surface area contributed by atoms with Crippen molar-refractivity contribution in [3.8, 4) is 0 Å². The van der Waals surface area contributed by atoms with Crippen LogP contribution in [0.1, 0.15) is 71.9 Å². The van der Waals surface area contributed by atoms with E-state index in [2.05, 4.69) is 0 Å². The standard InChI is InChI=1S/C24H34O6/c1-14-9-11-15(12-10-14)17-18(20(26)29-22(2,3)4)16(25)13-24(8,28)19(17)21(27)30-23(5,6)7/h9-12,17-19,28H,13H2,1-8H3/t17-,18-,19-,24+/m0/s1. The summed E-state index contributed by atoms with van der Waals surface area (Å²) in [6.45, 7) is 13.7. The summed E-state index contributed by atoms with van der Waals surface area (Å²) in [6.07, 6.45) is -0.330. The van der Waals surface area contributed by atoms with Gasteiger partial charge >= 0.3 is 11.9 Å². The van der Waals surface area contributed by atoms with Crippen molar-refractivity contribution in [2.45, 2.75) is 84.5 Å². The Morgan fingerprint density at radius 2 is 1.43 bits per heavy atom. The monoisotopic (exact) mass is 418 g/mol. The Morgan fingerprint density at radius 1 is 0.967 bits per heavy atom. The van der Waals surface area contributed by atoms with Crippen LogP contribution in [0.15, 0.2) is 24.3 Å². The van der Waals surface area contributed by atoms with Crippen LogP contribution in [-0.4, -0.2) is 39.6 Å². The molecule has 0 aliphatic heterocycles. The zero-order chi connectivity index (χ0) is 23.1. The molecule has 0 spiro atoms. The van der Waals surface area contributed by atoms with Gasteiger partial charge < -0.3 is 14.6 Å². The first-order valence-corrected chi connectivity index (χ1v) is 10.3. The summed E-state index contributed by atoms with van der Waals surface area (Å²) < 4.78 is 11.1. The van der Waals surface area contributed by atoms with E-state index in [1.54, 1.807) is 53.7 Å². The molecule has 0 radical (unpaired) electrons. The molecule has 1 aliphatic rings. The van der Waals surface area contributed by atoms with Gasteiger partial charge in [-0.1, -0.05) is 29.8 Å². The zero-order valence-electron chi connectivity index (χ0n) is 19.2. The molecule has 1 saturated carbocycles. The lowest BCUT2D eigenvalue weighted by molar-refractivity contribution is -0.182. The molecule has 2 rings (SSSR count). The van der Waals surface area contributed by atoms with Crippen molar-refractivity contribution in [1.29, 1.82) is 0 Å². The highest BCUT2D eigenvalue weighted by Crippen LogP contribution is 2.47. The SMILES string of the molecule is Cc1ccc([C@H]2[C@@H](C(=O)OC(C)(C)C)C(=O)C[C@@](C)(O)[C@@H]2C(=O)OC(C)(C)C)cc1. The molecule has 0 aromatic heterocycles. The molecule has 0 amide bonds. The zero-order valence-corrected chi connectivity index (χ0v) is 19.2. The molecule has 1 aromatic rings. The Hall–Kier alpha value is -2.21. The second kappa shape index (κ2) is 8.14. The van der Waals surface area contributed by atoms with E-state index in [4.69, 9.17) is 9.47 Å². The molecule has 0 bridgehead atoms. The van der Waals surface area contributed by atoms with Gasteiger partial charge in [-0.05, 0) is 61.0 Å². The molecule has 0 heterocycles. The lowest BCUT2D eigenvalue weighted by Crippen LogP contribution is -2.56. The van der Waals surface area contributed by atoms with Gasteiger partial charge in [0.05, 0.1) is 11.5 Å². The number of aliphatic hydroxyl groups is 1. The van der Waals surface area contributed by atoms with Gasteiger partial charge in [-0.2, -0.15) is 0 Å². The maximum atomic E-state index is 13.2. The minimum absolute atomic E-state index is 0.330. The van der Waals surface area contributed by atoms with Crippen molar-refractivity contribution in [2.24, 2.45) is 11.8 Å². The molecule has 4 atom stereocenters. The highest BCUT2D eigenvalue weighted by Gasteiger charge is 2.57. The molecule has 30 heavy (non-hydrogen) atoms. The molecular formula is C24H34O6. The number of esters is 2. The number of benzene rings is 1. The summed E-state index contributed by atoms with van der Waals surface area (Å²) in [7, 11) is 0. The van der Waals surface area contributed by atoms with E-state index >= 15 is 0 Å². The third kappa shape index (κ3) is 5.69. The fourth-order valence-corrected chi connectivity index (χ4v) is 3.93. The highest BCUT2D eigenvalue weighted by molar-refractivity contribution is 6.03. The number of ether oxygens (including phenoxy) is 2. The van der Waals surface area contributed by atoms with Gasteiger partial charge in [-0.25, -0.2) is 0 Å². The first-order chi connectivity index (χ1) is 13.5. The van der Waals surface area contributed by atoms with Crippen LogP contribution in [-0.2, 0) is 23.9 Å². The van der Waals surface area contributed by atoms with Crippen LogP contribution in [0.2, 0.25) is 0 Å². The van der Waals surface area contributed by atoms with Crippen molar-refractivity contribution in [3.63, 3.8) is 0 Å². The maximum Gasteiger partial charge on any atom is 0.317 e. The first-order valence-electron chi connectivity index (χ1n) is 10.3. The predicted octanol–water partition coefficient (Wildman–Crippen LogP) is 3.72. The first kappa shape index (κ1) is 24.1. The lowest BCUT2D eigenvalue weighted by atomic mass is 9.61. The number of aryl methyl sites for hydroxylation is 1. The van der Waals surface area contributed by atoms with E-state index in [1.165, 1.54) is 6.92 Å². The number of ketones is 1. The van der Waals surface area contributed by atoms with Crippen LogP contribution in [0.3, 0.4) is 0 Å². The minimum Gasteiger partial charge on any atom is -0.460 e.